The quantitative estimate of drug-likeness (QED) is 0.749. The van der Waals surface area contributed by atoms with Crippen molar-refractivity contribution in [3.05, 3.63) is 77.9 Å². The number of aryl methyl sites for hydroxylation is 1. The normalized spacial score (nSPS) is 12.3. The van der Waals surface area contributed by atoms with Crippen LogP contribution < -0.4 is 0 Å². The van der Waals surface area contributed by atoms with Crippen LogP contribution in [0.1, 0.15) is 22.9 Å². The Morgan fingerprint density at radius 2 is 1.96 bits per heavy atom. The Bertz CT molecular complexity index is 844. The largest absolute Gasteiger partial charge is 0.480 e. The van der Waals surface area contributed by atoms with E-state index in [2.05, 4.69) is 10.1 Å². The number of aromatic nitrogens is 3. The Morgan fingerprint density at radius 1 is 1.20 bits per heavy atom. The second-order valence-electron chi connectivity index (χ2n) is 5.97. The van der Waals surface area contributed by atoms with Crippen molar-refractivity contribution in [3.63, 3.8) is 0 Å². The first-order chi connectivity index (χ1) is 12.1. The van der Waals surface area contributed by atoms with Crippen molar-refractivity contribution in [3.8, 4) is 5.69 Å². The fourth-order valence-electron chi connectivity index (χ4n) is 2.83. The van der Waals surface area contributed by atoms with Crippen molar-refractivity contribution in [2.45, 2.75) is 19.5 Å². The SMILES string of the molecule is Cc1cccnc1CN(C)[C@@H](C(=O)O)c1ccc(-n2cccn2)cc1. The van der Waals surface area contributed by atoms with Gasteiger partial charge in [-0.2, -0.15) is 5.10 Å². The molecule has 2 aromatic heterocycles. The van der Waals surface area contributed by atoms with E-state index in [1.807, 2.05) is 55.6 Å². The molecule has 6 nitrogen and oxygen atoms in total. The van der Waals surface area contributed by atoms with Crippen LogP contribution in [0.25, 0.3) is 5.69 Å². The maximum Gasteiger partial charge on any atom is 0.325 e. The summed E-state index contributed by atoms with van der Waals surface area (Å²) < 4.78 is 1.74. The van der Waals surface area contributed by atoms with E-state index in [1.54, 1.807) is 29.0 Å². The van der Waals surface area contributed by atoms with Gasteiger partial charge in [0, 0.05) is 25.1 Å². The smallest absolute Gasteiger partial charge is 0.325 e. The molecule has 0 unspecified atom stereocenters. The van der Waals surface area contributed by atoms with E-state index in [0.717, 1.165) is 22.5 Å². The first-order valence-corrected chi connectivity index (χ1v) is 8.00. The Kier molecular flexibility index (Phi) is 4.90. The first kappa shape index (κ1) is 16.9. The fraction of sp³-hybridized carbons (Fsp3) is 0.211. The number of carbonyl (C=O) groups is 1. The number of hydrogen-bond donors (Lipinski definition) is 1. The van der Waals surface area contributed by atoms with Gasteiger partial charge < -0.3 is 5.11 Å². The first-order valence-electron chi connectivity index (χ1n) is 8.00. The van der Waals surface area contributed by atoms with Gasteiger partial charge in [-0.25, -0.2) is 4.68 Å². The molecular weight excluding hydrogens is 316 g/mol. The summed E-state index contributed by atoms with van der Waals surface area (Å²) in [5, 5.41) is 13.9. The minimum absolute atomic E-state index is 0.463. The summed E-state index contributed by atoms with van der Waals surface area (Å²) in [4.78, 5) is 18.0. The van der Waals surface area contributed by atoms with Crippen LogP contribution in [0, 0.1) is 6.92 Å². The van der Waals surface area contributed by atoms with Crippen LogP contribution in [-0.2, 0) is 11.3 Å². The number of pyridine rings is 1. The van der Waals surface area contributed by atoms with Crippen LogP contribution in [0.4, 0.5) is 0 Å². The van der Waals surface area contributed by atoms with Gasteiger partial charge in [-0.15, -0.1) is 0 Å². The van der Waals surface area contributed by atoms with Crippen molar-refractivity contribution < 1.29 is 9.90 Å². The zero-order chi connectivity index (χ0) is 17.8. The highest BCUT2D eigenvalue weighted by molar-refractivity contribution is 5.75. The molecule has 0 fully saturated rings. The monoisotopic (exact) mass is 336 g/mol. The van der Waals surface area contributed by atoms with Crippen LogP contribution in [-0.4, -0.2) is 37.8 Å². The highest BCUT2D eigenvalue weighted by atomic mass is 16.4. The lowest BCUT2D eigenvalue weighted by Gasteiger charge is -2.25. The average molecular weight is 336 g/mol. The van der Waals surface area contributed by atoms with E-state index in [-0.39, 0.29) is 0 Å². The molecule has 1 atom stereocenters. The third kappa shape index (κ3) is 3.75. The van der Waals surface area contributed by atoms with E-state index in [9.17, 15) is 9.90 Å². The number of likely N-dealkylation sites (N-methyl/N-ethyl adjacent to an activating group) is 1. The number of carboxylic acid groups (broad SMARTS) is 1. The molecule has 0 aliphatic heterocycles. The van der Waals surface area contributed by atoms with Crippen molar-refractivity contribution in [1.29, 1.82) is 0 Å². The average Bonchev–Trinajstić information content (AvgIpc) is 3.12. The molecule has 1 aromatic carbocycles. The van der Waals surface area contributed by atoms with Gasteiger partial charge in [-0.3, -0.25) is 14.7 Å². The second-order valence-corrected chi connectivity index (χ2v) is 5.97. The fourth-order valence-corrected chi connectivity index (χ4v) is 2.83. The minimum Gasteiger partial charge on any atom is -0.480 e. The highest BCUT2D eigenvalue weighted by Gasteiger charge is 2.25. The topological polar surface area (TPSA) is 71.2 Å². The molecule has 6 heteroatoms. The highest BCUT2D eigenvalue weighted by Crippen LogP contribution is 2.23. The number of benzene rings is 1. The van der Waals surface area contributed by atoms with E-state index in [1.165, 1.54) is 0 Å². The molecule has 0 amide bonds. The van der Waals surface area contributed by atoms with Crippen molar-refractivity contribution >= 4 is 5.97 Å². The molecule has 3 rings (SSSR count). The molecule has 25 heavy (non-hydrogen) atoms. The Balaban J connectivity index is 1.83. The zero-order valence-corrected chi connectivity index (χ0v) is 14.2. The van der Waals surface area contributed by atoms with Crippen LogP contribution in [0.15, 0.2) is 61.1 Å². The van der Waals surface area contributed by atoms with E-state index >= 15 is 0 Å². The van der Waals surface area contributed by atoms with Gasteiger partial charge in [0.25, 0.3) is 0 Å². The molecule has 0 spiro atoms. The summed E-state index contributed by atoms with van der Waals surface area (Å²) in [5.41, 5.74) is 3.54. The number of nitrogens with zero attached hydrogens (tertiary/aromatic N) is 4. The predicted molar refractivity (Wildman–Crippen MR) is 94.4 cm³/mol. The Morgan fingerprint density at radius 3 is 2.56 bits per heavy atom. The van der Waals surface area contributed by atoms with Gasteiger partial charge in [-0.1, -0.05) is 18.2 Å². The van der Waals surface area contributed by atoms with E-state index in [4.69, 9.17) is 0 Å². The number of hydrogen-bond acceptors (Lipinski definition) is 4. The summed E-state index contributed by atoms with van der Waals surface area (Å²) in [5.74, 6) is -0.886. The molecular formula is C19H20N4O2. The van der Waals surface area contributed by atoms with Crippen LogP contribution in [0.5, 0.6) is 0 Å². The molecule has 0 aliphatic carbocycles. The minimum atomic E-state index is -0.886. The number of aliphatic carboxylic acids is 1. The molecule has 3 aromatic rings. The van der Waals surface area contributed by atoms with Gasteiger partial charge in [0.2, 0.25) is 0 Å². The summed E-state index contributed by atoms with van der Waals surface area (Å²) in [6, 6.07) is 12.4. The molecule has 0 radical (unpaired) electrons. The summed E-state index contributed by atoms with van der Waals surface area (Å²) >= 11 is 0. The van der Waals surface area contributed by atoms with Gasteiger partial charge in [0.1, 0.15) is 6.04 Å². The van der Waals surface area contributed by atoms with Gasteiger partial charge in [0.15, 0.2) is 0 Å². The molecule has 0 bridgehead atoms. The summed E-state index contributed by atoms with van der Waals surface area (Å²) in [6.07, 6.45) is 5.28. The zero-order valence-electron chi connectivity index (χ0n) is 14.2. The molecule has 2 heterocycles. The molecule has 128 valence electrons. The summed E-state index contributed by atoms with van der Waals surface area (Å²) in [7, 11) is 1.80. The maximum atomic E-state index is 11.9. The predicted octanol–water partition coefficient (Wildman–Crippen LogP) is 2.83. The third-order valence-electron chi connectivity index (χ3n) is 4.17. The van der Waals surface area contributed by atoms with Crippen LogP contribution in [0.2, 0.25) is 0 Å². The summed E-state index contributed by atoms with van der Waals surface area (Å²) in [6.45, 7) is 2.44. The second kappa shape index (κ2) is 7.27. The van der Waals surface area contributed by atoms with Gasteiger partial charge in [-0.05, 0) is 49.4 Å². The number of carboxylic acids is 1. The van der Waals surface area contributed by atoms with E-state index in [0.29, 0.717) is 6.54 Å². The lowest BCUT2D eigenvalue weighted by molar-refractivity contribution is -0.143. The molecule has 0 saturated carbocycles. The van der Waals surface area contributed by atoms with Crippen LogP contribution in [0.3, 0.4) is 0 Å². The molecule has 0 saturated heterocycles. The number of rotatable bonds is 6. The van der Waals surface area contributed by atoms with Gasteiger partial charge >= 0.3 is 5.97 Å². The maximum absolute atomic E-state index is 11.9. The van der Waals surface area contributed by atoms with Crippen molar-refractivity contribution in [1.82, 2.24) is 19.7 Å². The van der Waals surface area contributed by atoms with Crippen LogP contribution >= 0.6 is 0 Å². The Labute approximate surface area is 146 Å². The Hall–Kier alpha value is -2.99. The molecule has 0 aliphatic rings. The molecule has 1 N–H and O–H groups in total. The van der Waals surface area contributed by atoms with Crippen molar-refractivity contribution in [2.24, 2.45) is 0 Å². The lowest BCUT2D eigenvalue weighted by atomic mass is 10.0. The lowest BCUT2D eigenvalue weighted by Crippen LogP contribution is -2.31. The van der Waals surface area contributed by atoms with Gasteiger partial charge in [0.05, 0.1) is 11.4 Å². The standard InChI is InChI=1S/C19H20N4O2/c1-14-5-3-10-20-17(14)13-22(2)18(19(24)25)15-6-8-16(9-7-15)23-12-4-11-21-23/h3-12,18H,13H2,1-2H3,(H,24,25)/t18-/m1/s1. The third-order valence-corrected chi connectivity index (χ3v) is 4.17. The van der Waals surface area contributed by atoms with E-state index < -0.39 is 12.0 Å². The van der Waals surface area contributed by atoms with Crippen molar-refractivity contribution in [2.75, 3.05) is 7.05 Å².